The summed E-state index contributed by atoms with van der Waals surface area (Å²) >= 11 is 1.45. The van der Waals surface area contributed by atoms with E-state index in [-0.39, 0.29) is 28.9 Å². The second-order valence-electron chi connectivity index (χ2n) is 6.48. The smallest absolute Gasteiger partial charge is 0.276 e. The van der Waals surface area contributed by atoms with Crippen LogP contribution in [0.3, 0.4) is 0 Å². The molecule has 0 radical (unpaired) electrons. The highest BCUT2D eigenvalue weighted by Gasteiger charge is 2.32. The van der Waals surface area contributed by atoms with E-state index in [1.54, 1.807) is 10.7 Å². The van der Waals surface area contributed by atoms with Crippen molar-refractivity contribution in [2.45, 2.75) is 12.5 Å². The summed E-state index contributed by atoms with van der Waals surface area (Å²) in [7, 11) is -3.13. The molecule has 10 heteroatoms. The highest BCUT2D eigenvalue weighted by Crippen LogP contribution is 2.32. The molecule has 6 nitrogen and oxygen atoms in total. The van der Waals surface area contributed by atoms with Crippen LogP contribution in [0.1, 0.15) is 23.0 Å². The van der Waals surface area contributed by atoms with Crippen molar-refractivity contribution in [1.29, 1.82) is 0 Å². The van der Waals surface area contributed by atoms with Crippen molar-refractivity contribution in [2.24, 2.45) is 0 Å². The zero-order valence-corrected chi connectivity index (χ0v) is 16.1. The van der Waals surface area contributed by atoms with Crippen molar-refractivity contribution in [2.75, 3.05) is 16.8 Å². The molecule has 2 aromatic heterocycles. The van der Waals surface area contributed by atoms with Gasteiger partial charge in [-0.15, -0.1) is 11.3 Å². The molecular formula is C18H15F2N3O3S2. The van der Waals surface area contributed by atoms with E-state index in [0.29, 0.717) is 12.1 Å². The van der Waals surface area contributed by atoms with Gasteiger partial charge in [0.1, 0.15) is 0 Å². The summed E-state index contributed by atoms with van der Waals surface area (Å²) in [6.07, 6.45) is 0.423. The van der Waals surface area contributed by atoms with E-state index in [4.69, 9.17) is 0 Å². The van der Waals surface area contributed by atoms with Crippen LogP contribution < -0.4 is 5.32 Å². The molecule has 0 saturated carbocycles. The fraction of sp³-hybridized carbons (Fsp3) is 0.222. The van der Waals surface area contributed by atoms with Gasteiger partial charge in [-0.3, -0.25) is 9.48 Å². The molecule has 1 N–H and O–H groups in total. The molecule has 0 aliphatic carbocycles. The number of anilines is 1. The third-order valence-corrected chi connectivity index (χ3v) is 7.12. The van der Waals surface area contributed by atoms with Gasteiger partial charge in [0.2, 0.25) is 0 Å². The lowest BCUT2D eigenvalue weighted by molar-refractivity contribution is 0.102. The van der Waals surface area contributed by atoms with E-state index in [0.717, 1.165) is 17.0 Å². The van der Waals surface area contributed by atoms with Crippen LogP contribution in [-0.4, -0.2) is 35.6 Å². The highest BCUT2D eigenvalue weighted by molar-refractivity contribution is 7.91. The van der Waals surface area contributed by atoms with Crippen LogP contribution in [0.15, 0.2) is 41.8 Å². The molecule has 1 aliphatic heterocycles. The molecule has 1 fully saturated rings. The van der Waals surface area contributed by atoms with Gasteiger partial charge in [-0.25, -0.2) is 17.2 Å². The quantitative estimate of drug-likeness (QED) is 0.696. The molecule has 3 aromatic rings. The van der Waals surface area contributed by atoms with Gasteiger partial charge in [0, 0.05) is 11.8 Å². The minimum Gasteiger partial charge on any atom is -0.320 e. The number of aromatic nitrogens is 2. The van der Waals surface area contributed by atoms with Gasteiger partial charge in [0.05, 0.1) is 28.1 Å². The predicted molar refractivity (Wildman–Crippen MR) is 102 cm³/mol. The lowest BCUT2D eigenvalue weighted by Gasteiger charge is -2.12. The van der Waals surface area contributed by atoms with Gasteiger partial charge in [-0.2, -0.15) is 5.10 Å². The molecule has 1 unspecified atom stereocenters. The monoisotopic (exact) mass is 423 g/mol. The van der Waals surface area contributed by atoms with Crippen molar-refractivity contribution in [3.05, 3.63) is 59.1 Å². The highest BCUT2D eigenvalue weighted by atomic mass is 32.2. The summed E-state index contributed by atoms with van der Waals surface area (Å²) < 4.78 is 51.7. The number of carbonyl (C=O) groups is 1. The third kappa shape index (κ3) is 3.69. The molecule has 146 valence electrons. The average Bonchev–Trinajstić information content (AvgIpc) is 3.36. The van der Waals surface area contributed by atoms with E-state index in [2.05, 4.69) is 10.4 Å². The average molecular weight is 423 g/mol. The molecule has 1 saturated heterocycles. The molecule has 1 amide bonds. The van der Waals surface area contributed by atoms with Crippen LogP contribution >= 0.6 is 11.3 Å². The van der Waals surface area contributed by atoms with Gasteiger partial charge in [-0.1, -0.05) is 6.07 Å². The normalized spacial score (nSPS) is 18.3. The Bertz CT molecular complexity index is 1140. The number of nitrogens with zero attached hydrogens (tertiary/aromatic N) is 2. The first-order valence-electron chi connectivity index (χ1n) is 8.43. The molecule has 4 rings (SSSR count). The minimum absolute atomic E-state index is 0.0305. The van der Waals surface area contributed by atoms with Crippen molar-refractivity contribution < 1.29 is 22.0 Å². The number of amides is 1. The molecule has 1 aliphatic rings. The zero-order valence-electron chi connectivity index (χ0n) is 14.4. The molecule has 0 bridgehead atoms. The number of sulfone groups is 1. The maximum absolute atomic E-state index is 13.4. The van der Waals surface area contributed by atoms with E-state index >= 15 is 0 Å². The van der Waals surface area contributed by atoms with Gasteiger partial charge in [0.15, 0.2) is 27.2 Å². The third-order valence-electron chi connectivity index (χ3n) is 4.47. The fourth-order valence-corrected chi connectivity index (χ4v) is 5.56. The molecule has 28 heavy (non-hydrogen) atoms. The Labute approximate surface area is 163 Å². The summed E-state index contributed by atoms with van der Waals surface area (Å²) in [4.78, 5) is 13.4. The standard InChI is InChI=1S/C18H15F2N3O3S2/c19-13-4-3-11(8-14(13)20)21-18(24)15-9-16(17-2-1-6-27-17)23(22-15)12-5-7-28(25,26)10-12/h1-4,6,8-9,12H,5,7,10H2,(H,21,24). The van der Waals surface area contributed by atoms with Crippen molar-refractivity contribution in [3.63, 3.8) is 0 Å². The number of benzene rings is 1. The Hall–Kier alpha value is -2.59. The second kappa shape index (κ2) is 7.10. The minimum atomic E-state index is -3.13. The van der Waals surface area contributed by atoms with E-state index in [1.165, 1.54) is 17.4 Å². The first kappa shape index (κ1) is 18.8. The number of halogens is 2. The maximum Gasteiger partial charge on any atom is 0.276 e. The van der Waals surface area contributed by atoms with Crippen molar-refractivity contribution >= 4 is 32.8 Å². The SMILES string of the molecule is O=C(Nc1ccc(F)c(F)c1)c1cc(-c2cccs2)n(C2CCS(=O)(=O)C2)n1. The largest absolute Gasteiger partial charge is 0.320 e. The summed E-state index contributed by atoms with van der Waals surface area (Å²) in [6, 6.07) is 7.98. The second-order valence-corrected chi connectivity index (χ2v) is 9.65. The summed E-state index contributed by atoms with van der Waals surface area (Å²) in [5.41, 5.74) is 0.810. The van der Waals surface area contributed by atoms with Crippen LogP contribution in [0, 0.1) is 11.6 Å². The summed E-state index contributed by atoms with van der Waals surface area (Å²) in [5, 5.41) is 8.69. The molecular weight excluding hydrogens is 408 g/mol. The Morgan fingerprint density at radius 3 is 2.68 bits per heavy atom. The molecule has 0 spiro atoms. The number of hydrogen-bond donors (Lipinski definition) is 1. The fourth-order valence-electron chi connectivity index (χ4n) is 3.13. The van der Waals surface area contributed by atoms with Crippen LogP contribution in [0.4, 0.5) is 14.5 Å². The van der Waals surface area contributed by atoms with Gasteiger partial charge >= 0.3 is 0 Å². The first-order valence-corrected chi connectivity index (χ1v) is 11.1. The topological polar surface area (TPSA) is 81.1 Å². The van der Waals surface area contributed by atoms with Gasteiger partial charge in [0.25, 0.3) is 5.91 Å². The lowest BCUT2D eigenvalue weighted by atomic mass is 10.2. The Kier molecular flexibility index (Phi) is 4.76. The van der Waals surface area contributed by atoms with E-state index < -0.39 is 27.4 Å². The van der Waals surface area contributed by atoms with Gasteiger partial charge < -0.3 is 5.32 Å². The van der Waals surface area contributed by atoms with E-state index in [1.807, 2.05) is 17.5 Å². The number of nitrogens with one attached hydrogen (secondary N) is 1. The van der Waals surface area contributed by atoms with Crippen LogP contribution in [-0.2, 0) is 9.84 Å². The Morgan fingerprint density at radius 1 is 1.21 bits per heavy atom. The molecule has 3 heterocycles. The Morgan fingerprint density at radius 2 is 2.04 bits per heavy atom. The van der Waals surface area contributed by atoms with Crippen molar-refractivity contribution in [1.82, 2.24) is 9.78 Å². The zero-order chi connectivity index (χ0) is 19.9. The maximum atomic E-state index is 13.4. The Balaban J connectivity index is 1.67. The summed E-state index contributed by atoms with van der Waals surface area (Å²) in [6.45, 7) is 0. The number of thiophene rings is 1. The van der Waals surface area contributed by atoms with Crippen LogP contribution in [0.25, 0.3) is 10.6 Å². The molecule has 1 atom stereocenters. The number of hydrogen-bond acceptors (Lipinski definition) is 5. The van der Waals surface area contributed by atoms with Gasteiger partial charge in [-0.05, 0) is 36.1 Å². The summed E-state index contributed by atoms with van der Waals surface area (Å²) in [5.74, 6) is -2.62. The first-order chi connectivity index (χ1) is 13.3. The molecule has 1 aromatic carbocycles. The van der Waals surface area contributed by atoms with E-state index in [9.17, 15) is 22.0 Å². The lowest BCUT2D eigenvalue weighted by Crippen LogP contribution is -2.16. The number of carbonyl (C=O) groups excluding carboxylic acids is 1. The van der Waals surface area contributed by atoms with Crippen molar-refractivity contribution in [3.8, 4) is 10.6 Å². The number of rotatable bonds is 4. The van der Waals surface area contributed by atoms with Crippen LogP contribution in [0.5, 0.6) is 0 Å². The predicted octanol–water partition coefficient (Wildman–Crippen LogP) is 3.50. The van der Waals surface area contributed by atoms with Crippen LogP contribution in [0.2, 0.25) is 0 Å².